The second kappa shape index (κ2) is 9.43. The van der Waals surface area contributed by atoms with Gasteiger partial charge in [-0.3, -0.25) is 0 Å². The first-order valence-corrected chi connectivity index (χ1v) is 9.42. The van der Waals surface area contributed by atoms with E-state index in [0.29, 0.717) is 22.9 Å². The number of methoxy groups -OCH3 is 1. The minimum absolute atomic E-state index is 0.366. The molecule has 0 aliphatic rings. The van der Waals surface area contributed by atoms with Crippen LogP contribution in [0, 0.1) is 12.7 Å². The van der Waals surface area contributed by atoms with E-state index in [1.165, 1.54) is 19.2 Å². The number of halogens is 2. The molecule has 1 atom stereocenters. The summed E-state index contributed by atoms with van der Waals surface area (Å²) in [5.41, 5.74) is 3.22. The number of rotatable bonds is 7. The Morgan fingerprint density at radius 2 is 1.86 bits per heavy atom. The van der Waals surface area contributed by atoms with E-state index < -0.39 is 12.0 Å². The van der Waals surface area contributed by atoms with E-state index in [0.717, 1.165) is 16.8 Å². The molecule has 0 radical (unpaired) electrons. The monoisotopic (exact) mass is 413 g/mol. The summed E-state index contributed by atoms with van der Waals surface area (Å²) in [7, 11) is 1.32. The molecule has 0 heterocycles. The molecule has 0 aromatic heterocycles. The fourth-order valence-corrected chi connectivity index (χ4v) is 3.10. The van der Waals surface area contributed by atoms with Gasteiger partial charge in [-0.1, -0.05) is 35.9 Å². The number of nitrogens with one attached hydrogen (secondary N) is 1. The zero-order valence-corrected chi connectivity index (χ0v) is 16.9. The molecule has 1 N–H and O–H groups in total. The fraction of sp³-hybridized carbons (Fsp3) is 0.174. The third-order valence-corrected chi connectivity index (χ3v) is 4.67. The zero-order chi connectivity index (χ0) is 20.8. The molecule has 6 heteroatoms. The maximum absolute atomic E-state index is 13.2. The highest BCUT2D eigenvalue weighted by Crippen LogP contribution is 2.27. The van der Waals surface area contributed by atoms with Crippen molar-refractivity contribution in [1.29, 1.82) is 0 Å². The predicted octanol–water partition coefficient (Wildman–Crippen LogP) is 5.69. The summed E-state index contributed by atoms with van der Waals surface area (Å²) in [5.74, 6) is -0.128. The molecule has 1 unspecified atom stereocenters. The van der Waals surface area contributed by atoms with Crippen molar-refractivity contribution in [2.75, 3.05) is 12.4 Å². The average Bonchev–Trinajstić information content (AvgIpc) is 2.72. The van der Waals surface area contributed by atoms with Gasteiger partial charge in [-0.2, -0.15) is 0 Å². The molecular formula is C23H21ClFNO3. The van der Waals surface area contributed by atoms with Crippen LogP contribution in [-0.2, 0) is 16.1 Å². The van der Waals surface area contributed by atoms with E-state index in [4.69, 9.17) is 21.1 Å². The van der Waals surface area contributed by atoms with Gasteiger partial charge in [0, 0.05) is 10.7 Å². The standard InChI is InChI=1S/C23H21ClFNO3/c1-15-12-20(29-14-16-4-3-5-18(24)13-16)10-11-21(15)26-22(23(27)28-2)17-6-8-19(25)9-7-17/h3-13,22,26H,14H2,1-2H3. The Labute approximate surface area is 174 Å². The Hall–Kier alpha value is -3.05. The number of hydrogen-bond donors (Lipinski definition) is 1. The quantitative estimate of drug-likeness (QED) is 0.505. The lowest BCUT2D eigenvalue weighted by molar-refractivity contribution is -0.141. The summed E-state index contributed by atoms with van der Waals surface area (Å²) in [6.45, 7) is 2.31. The first-order valence-electron chi connectivity index (χ1n) is 9.04. The summed E-state index contributed by atoms with van der Waals surface area (Å²) >= 11 is 6.00. The van der Waals surface area contributed by atoms with Crippen LogP contribution >= 0.6 is 11.6 Å². The van der Waals surface area contributed by atoms with Crippen molar-refractivity contribution >= 4 is 23.3 Å². The first-order chi connectivity index (χ1) is 14.0. The van der Waals surface area contributed by atoms with Gasteiger partial charge in [0.05, 0.1) is 7.11 Å². The maximum Gasteiger partial charge on any atom is 0.332 e. The molecule has 0 spiro atoms. The number of carbonyl (C=O) groups excluding carboxylic acids is 1. The van der Waals surface area contributed by atoms with Crippen molar-refractivity contribution < 1.29 is 18.7 Å². The molecule has 150 valence electrons. The Kier molecular flexibility index (Phi) is 6.73. The molecule has 0 amide bonds. The molecule has 4 nitrogen and oxygen atoms in total. The number of esters is 1. The molecule has 0 saturated carbocycles. The van der Waals surface area contributed by atoms with Gasteiger partial charge in [-0.15, -0.1) is 0 Å². The normalized spacial score (nSPS) is 11.6. The number of ether oxygens (including phenoxy) is 2. The van der Waals surface area contributed by atoms with E-state index >= 15 is 0 Å². The summed E-state index contributed by atoms with van der Waals surface area (Å²) in [4.78, 5) is 12.3. The SMILES string of the molecule is COC(=O)C(Nc1ccc(OCc2cccc(Cl)c2)cc1C)c1ccc(F)cc1. The van der Waals surface area contributed by atoms with Gasteiger partial charge in [-0.25, -0.2) is 9.18 Å². The lowest BCUT2D eigenvalue weighted by atomic mass is 10.1. The number of aryl methyl sites for hydroxylation is 1. The van der Waals surface area contributed by atoms with Crippen LogP contribution in [0.25, 0.3) is 0 Å². The third kappa shape index (κ3) is 5.48. The van der Waals surface area contributed by atoms with Crippen LogP contribution in [0.1, 0.15) is 22.7 Å². The summed E-state index contributed by atoms with van der Waals surface area (Å²) < 4.78 is 24.0. The smallest absolute Gasteiger partial charge is 0.332 e. The van der Waals surface area contributed by atoms with Gasteiger partial charge in [0.2, 0.25) is 0 Å². The third-order valence-electron chi connectivity index (χ3n) is 4.43. The van der Waals surface area contributed by atoms with Gasteiger partial charge >= 0.3 is 5.97 Å². The van der Waals surface area contributed by atoms with E-state index in [9.17, 15) is 9.18 Å². The summed E-state index contributed by atoms with van der Waals surface area (Å²) in [5, 5.41) is 3.84. The topological polar surface area (TPSA) is 47.6 Å². The summed E-state index contributed by atoms with van der Waals surface area (Å²) in [6, 6.07) is 18.0. The van der Waals surface area contributed by atoms with Crippen molar-refractivity contribution in [2.24, 2.45) is 0 Å². The predicted molar refractivity (Wildman–Crippen MR) is 112 cm³/mol. The Balaban J connectivity index is 1.74. The van der Waals surface area contributed by atoms with Gasteiger partial charge in [0.1, 0.15) is 18.2 Å². The molecule has 3 aromatic rings. The van der Waals surface area contributed by atoms with Gasteiger partial charge in [0.25, 0.3) is 0 Å². The van der Waals surface area contributed by atoms with Crippen LogP contribution in [0.15, 0.2) is 66.7 Å². The lowest BCUT2D eigenvalue weighted by Crippen LogP contribution is -2.22. The average molecular weight is 414 g/mol. The van der Waals surface area contributed by atoms with E-state index in [1.807, 2.05) is 49.4 Å². The van der Waals surface area contributed by atoms with Crippen molar-refractivity contribution in [3.8, 4) is 5.75 Å². The summed E-state index contributed by atoms with van der Waals surface area (Å²) in [6.07, 6.45) is 0. The second-order valence-corrected chi connectivity index (χ2v) is 6.98. The zero-order valence-electron chi connectivity index (χ0n) is 16.1. The van der Waals surface area contributed by atoms with Crippen LogP contribution in [0.2, 0.25) is 5.02 Å². The molecule has 0 fully saturated rings. The number of carbonyl (C=O) groups is 1. The molecule has 0 saturated heterocycles. The fourth-order valence-electron chi connectivity index (χ4n) is 2.89. The first kappa shape index (κ1) is 20.7. The van der Waals surface area contributed by atoms with Crippen molar-refractivity contribution in [3.05, 3.63) is 94.3 Å². The van der Waals surface area contributed by atoms with Crippen molar-refractivity contribution in [1.82, 2.24) is 0 Å². The van der Waals surface area contributed by atoms with E-state index in [-0.39, 0.29) is 5.82 Å². The Bertz CT molecular complexity index is 992. The Morgan fingerprint density at radius 1 is 1.10 bits per heavy atom. The molecule has 29 heavy (non-hydrogen) atoms. The van der Waals surface area contributed by atoms with Gasteiger partial charge in [0.15, 0.2) is 6.04 Å². The van der Waals surface area contributed by atoms with Crippen LogP contribution in [-0.4, -0.2) is 13.1 Å². The van der Waals surface area contributed by atoms with Crippen LogP contribution < -0.4 is 10.1 Å². The Morgan fingerprint density at radius 3 is 2.52 bits per heavy atom. The van der Waals surface area contributed by atoms with Crippen LogP contribution in [0.4, 0.5) is 10.1 Å². The number of hydrogen-bond acceptors (Lipinski definition) is 4. The highest BCUT2D eigenvalue weighted by atomic mass is 35.5. The maximum atomic E-state index is 13.2. The molecule has 3 rings (SSSR count). The van der Waals surface area contributed by atoms with E-state index in [2.05, 4.69) is 5.32 Å². The molecule has 0 bridgehead atoms. The van der Waals surface area contributed by atoms with Crippen LogP contribution in [0.5, 0.6) is 5.75 Å². The minimum Gasteiger partial charge on any atom is -0.489 e. The van der Waals surface area contributed by atoms with Gasteiger partial charge < -0.3 is 14.8 Å². The molecular weight excluding hydrogens is 393 g/mol. The van der Waals surface area contributed by atoms with Crippen LogP contribution in [0.3, 0.4) is 0 Å². The van der Waals surface area contributed by atoms with Crippen molar-refractivity contribution in [2.45, 2.75) is 19.6 Å². The molecule has 3 aromatic carbocycles. The van der Waals surface area contributed by atoms with Crippen molar-refractivity contribution in [3.63, 3.8) is 0 Å². The van der Waals surface area contributed by atoms with Gasteiger partial charge in [-0.05, 0) is 66.1 Å². The molecule has 0 aliphatic carbocycles. The molecule has 0 aliphatic heterocycles. The second-order valence-electron chi connectivity index (χ2n) is 6.55. The largest absolute Gasteiger partial charge is 0.489 e. The number of anilines is 1. The lowest BCUT2D eigenvalue weighted by Gasteiger charge is -2.20. The highest BCUT2D eigenvalue weighted by molar-refractivity contribution is 6.30. The minimum atomic E-state index is -0.752. The highest BCUT2D eigenvalue weighted by Gasteiger charge is 2.22. The number of benzene rings is 3. The van der Waals surface area contributed by atoms with E-state index in [1.54, 1.807) is 12.1 Å².